The number of guanidine groups is 1. The maximum atomic E-state index is 11.7. The van der Waals surface area contributed by atoms with Crippen molar-refractivity contribution in [3.63, 3.8) is 0 Å². The van der Waals surface area contributed by atoms with Crippen molar-refractivity contribution in [2.75, 3.05) is 44.2 Å². The molecule has 1 saturated heterocycles. The summed E-state index contributed by atoms with van der Waals surface area (Å²) in [6.45, 7) is 4.91. The Hall–Kier alpha value is -1.10. The van der Waals surface area contributed by atoms with Gasteiger partial charge in [0.2, 0.25) is 5.91 Å². The minimum atomic E-state index is 0. The highest BCUT2D eigenvalue weighted by atomic mass is 127. The summed E-state index contributed by atoms with van der Waals surface area (Å²) in [6, 6.07) is 0. The van der Waals surface area contributed by atoms with Crippen LogP contribution in [0.3, 0.4) is 0 Å². The molecule has 3 rings (SSSR count). The van der Waals surface area contributed by atoms with E-state index >= 15 is 0 Å². The van der Waals surface area contributed by atoms with E-state index in [9.17, 15) is 4.79 Å². The number of hydrogen-bond acceptors (Lipinski definition) is 5. The van der Waals surface area contributed by atoms with Gasteiger partial charge in [-0.3, -0.25) is 9.79 Å². The van der Waals surface area contributed by atoms with E-state index < -0.39 is 0 Å². The highest BCUT2D eigenvalue weighted by Gasteiger charge is 2.24. The lowest BCUT2D eigenvalue weighted by Crippen LogP contribution is -2.51. The molecule has 0 radical (unpaired) electrons. The number of thiazole rings is 1. The lowest BCUT2D eigenvalue weighted by atomic mass is 9.85. The summed E-state index contributed by atoms with van der Waals surface area (Å²) in [4.78, 5) is 24.9. The molecule has 0 aromatic carbocycles. The maximum Gasteiger partial charge on any atom is 0.223 e. The number of nitrogens with one attached hydrogen (secondary N) is 1. The van der Waals surface area contributed by atoms with Crippen molar-refractivity contribution >= 4 is 52.3 Å². The molecular weight excluding hydrogens is 451 g/mol. The number of carbonyl (C=O) groups is 1. The van der Waals surface area contributed by atoms with Crippen LogP contribution in [-0.4, -0.2) is 61.0 Å². The zero-order valence-corrected chi connectivity index (χ0v) is 17.5. The Kier molecular flexibility index (Phi) is 8.20. The Morgan fingerprint density at radius 3 is 2.72 bits per heavy atom. The minimum absolute atomic E-state index is 0. The van der Waals surface area contributed by atoms with Gasteiger partial charge in [0, 0.05) is 56.8 Å². The standard InChI is InChI=1S/C16H26N6OS.HI/c17-15(19-6-2-5-18-14(23)13-3-1-4-13)21-8-10-22(11-9-21)16-20-7-12-24-16;/h7,12-13H,1-6,8-11H2,(H2,17,19)(H,18,23);1H. The zero-order chi connectivity index (χ0) is 16.8. The van der Waals surface area contributed by atoms with E-state index in [2.05, 4.69) is 25.1 Å². The van der Waals surface area contributed by atoms with Crippen molar-refractivity contribution in [2.24, 2.45) is 16.6 Å². The number of anilines is 1. The second-order valence-electron chi connectivity index (χ2n) is 6.30. The van der Waals surface area contributed by atoms with Crippen LogP contribution in [0.25, 0.3) is 0 Å². The van der Waals surface area contributed by atoms with Gasteiger partial charge >= 0.3 is 0 Å². The van der Waals surface area contributed by atoms with Crippen LogP contribution in [0.1, 0.15) is 25.7 Å². The van der Waals surface area contributed by atoms with Crippen molar-refractivity contribution in [3.8, 4) is 0 Å². The number of amides is 1. The highest BCUT2D eigenvalue weighted by molar-refractivity contribution is 14.0. The monoisotopic (exact) mass is 478 g/mol. The Morgan fingerprint density at radius 1 is 1.36 bits per heavy atom. The molecular formula is C16H27IN6OS. The Labute approximate surface area is 170 Å². The predicted octanol–water partition coefficient (Wildman–Crippen LogP) is 1.50. The first-order chi connectivity index (χ1) is 11.7. The van der Waals surface area contributed by atoms with Crippen molar-refractivity contribution in [1.29, 1.82) is 0 Å². The number of piperazine rings is 1. The molecule has 2 heterocycles. The van der Waals surface area contributed by atoms with Gasteiger partial charge in [0.25, 0.3) is 0 Å². The second-order valence-corrected chi connectivity index (χ2v) is 7.17. The third kappa shape index (κ3) is 5.70. The van der Waals surface area contributed by atoms with Crippen LogP contribution in [0.4, 0.5) is 5.13 Å². The summed E-state index contributed by atoms with van der Waals surface area (Å²) in [5.74, 6) is 1.07. The van der Waals surface area contributed by atoms with Crippen molar-refractivity contribution < 1.29 is 4.79 Å². The van der Waals surface area contributed by atoms with Crippen LogP contribution in [0.5, 0.6) is 0 Å². The first kappa shape index (κ1) is 20.2. The van der Waals surface area contributed by atoms with Gasteiger partial charge in [-0.05, 0) is 19.3 Å². The summed E-state index contributed by atoms with van der Waals surface area (Å²) in [7, 11) is 0. The van der Waals surface area contributed by atoms with E-state index in [1.807, 2.05) is 11.6 Å². The van der Waals surface area contributed by atoms with Crippen molar-refractivity contribution in [2.45, 2.75) is 25.7 Å². The van der Waals surface area contributed by atoms with Crippen LogP contribution < -0.4 is 16.0 Å². The SMILES string of the molecule is I.NC(=NCCCNC(=O)C1CCC1)N1CCN(c2nccs2)CC1. The topological polar surface area (TPSA) is 86.8 Å². The average Bonchev–Trinajstić information content (AvgIpc) is 3.07. The molecule has 1 aromatic rings. The molecule has 1 saturated carbocycles. The van der Waals surface area contributed by atoms with Crippen LogP contribution in [0.2, 0.25) is 0 Å². The van der Waals surface area contributed by atoms with Gasteiger partial charge in [-0.15, -0.1) is 35.3 Å². The largest absolute Gasteiger partial charge is 0.370 e. The van der Waals surface area contributed by atoms with Crippen LogP contribution in [0.15, 0.2) is 16.6 Å². The average molecular weight is 478 g/mol. The van der Waals surface area contributed by atoms with Crippen molar-refractivity contribution in [1.82, 2.24) is 15.2 Å². The third-order valence-electron chi connectivity index (χ3n) is 4.68. The number of hydrogen-bond donors (Lipinski definition) is 2. The lowest BCUT2D eigenvalue weighted by molar-refractivity contribution is -0.127. The van der Waals surface area contributed by atoms with Crippen LogP contribution in [0, 0.1) is 5.92 Å². The van der Waals surface area contributed by atoms with E-state index in [1.165, 1.54) is 6.42 Å². The van der Waals surface area contributed by atoms with Gasteiger partial charge < -0.3 is 20.9 Å². The summed E-state index contributed by atoms with van der Waals surface area (Å²) in [5, 5.41) is 6.06. The van der Waals surface area contributed by atoms with Gasteiger partial charge in [-0.1, -0.05) is 6.42 Å². The fourth-order valence-corrected chi connectivity index (χ4v) is 3.59. The Bertz CT molecular complexity index is 555. The Balaban J connectivity index is 0.00000225. The first-order valence-corrected chi connectivity index (χ1v) is 9.59. The van der Waals surface area contributed by atoms with Gasteiger partial charge in [-0.2, -0.15) is 0 Å². The second kappa shape index (κ2) is 10.1. The van der Waals surface area contributed by atoms with Crippen LogP contribution in [-0.2, 0) is 4.79 Å². The zero-order valence-electron chi connectivity index (χ0n) is 14.4. The lowest BCUT2D eigenvalue weighted by Gasteiger charge is -2.35. The molecule has 7 nitrogen and oxygen atoms in total. The molecule has 1 aliphatic heterocycles. The van der Waals surface area contributed by atoms with E-state index in [0.717, 1.165) is 50.6 Å². The molecule has 1 aliphatic carbocycles. The fourth-order valence-electron chi connectivity index (χ4n) is 2.90. The molecule has 0 atom stereocenters. The number of nitrogens with two attached hydrogens (primary N) is 1. The van der Waals surface area contributed by atoms with Gasteiger partial charge in [0.05, 0.1) is 0 Å². The number of rotatable bonds is 6. The summed E-state index contributed by atoms with van der Waals surface area (Å²) in [5.41, 5.74) is 6.09. The molecule has 0 unspecified atom stereocenters. The maximum absolute atomic E-state index is 11.7. The number of nitrogens with zero attached hydrogens (tertiary/aromatic N) is 4. The molecule has 9 heteroatoms. The number of aliphatic imine (C=N–C) groups is 1. The molecule has 3 N–H and O–H groups in total. The number of halogens is 1. The molecule has 1 aromatic heterocycles. The van der Waals surface area contributed by atoms with Gasteiger partial charge in [-0.25, -0.2) is 4.98 Å². The summed E-state index contributed by atoms with van der Waals surface area (Å²) >= 11 is 1.67. The molecule has 1 amide bonds. The fraction of sp³-hybridized carbons (Fsp3) is 0.688. The summed E-state index contributed by atoms with van der Waals surface area (Å²) < 4.78 is 0. The first-order valence-electron chi connectivity index (χ1n) is 8.71. The molecule has 0 spiro atoms. The van der Waals surface area contributed by atoms with E-state index in [1.54, 1.807) is 11.3 Å². The molecule has 2 fully saturated rings. The Morgan fingerprint density at radius 2 is 2.12 bits per heavy atom. The minimum Gasteiger partial charge on any atom is -0.370 e. The quantitative estimate of drug-likeness (QED) is 0.280. The number of aromatic nitrogens is 1. The molecule has 140 valence electrons. The van der Waals surface area contributed by atoms with Crippen molar-refractivity contribution in [3.05, 3.63) is 11.6 Å². The molecule has 2 aliphatic rings. The van der Waals surface area contributed by atoms with Gasteiger partial charge in [0.1, 0.15) is 0 Å². The molecule has 25 heavy (non-hydrogen) atoms. The summed E-state index contributed by atoms with van der Waals surface area (Å²) in [6.07, 6.45) is 5.95. The van der Waals surface area contributed by atoms with Gasteiger partial charge in [0.15, 0.2) is 11.1 Å². The number of carbonyl (C=O) groups excluding carboxylic acids is 1. The smallest absolute Gasteiger partial charge is 0.223 e. The third-order valence-corrected chi connectivity index (χ3v) is 5.51. The molecule has 0 bridgehead atoms. The highest BCUT2D eigenvalue weighted by Crippen LogP contribution is 2.26. The van der Waals surface area contributed by atoms with E-state index in [4.69, 9.17) is 5.73 Å². The van der Waals surface area contributed by atoms with Crippen LogP contribution >= 0.6 is 35.3 Å². The van der Waals surface area contributed by atoms with E-state index in [0.29, 0.717) is 19.0 Å². The normalized spacial score (nSPS) is 18.5. The predicted molar refractivity (Wildman–Crippen MR) is 113 cm³/mol. The van der Waals surface area contributed by atoms with E-state index in [-0.39, 0.29) is 35.8 Å².